The van der Waals surface area contributed by atoms with Gasteiger partial charge in [-0.2, -0.15) is 0 Å². The molecule has 0 saturated carbocycles. The molecule has 8 heteroatoms. The van der Waals surface area contributed by atoms with Crippen molar-refractivity contribution in [3.8, 4) is 11.5 Å². The van der Waals surface area contributed by atoms with Gasteiger partial charge in [0.15, 0.2) is 11.5 Å². The second kappa shape index (κ2) is 7.73. The van der Waals surface area contributed by atoms with Crippen molar-refractivity contribution in [3.63, 3.8) is 0 Å². The van der Waals surface area contributed by atoms with Gasteiger partial charge in [-0.15, -0.1) is 0 Å². The smallest absolute Gasteiger partial charge is 0.262 e. The van der Waals surface area contributed by atoms with E-state index in [4.69, 9.17) is 14.2 Å². The Morgan fingerprint density at radius 1 is 1.07 bits per heavy atom. The highest BCUT2D eigenvalue weighted by molar-refractivity contribution is 7.92. The van der Waals surface area contributed by atoms with Crippen LogP contribution >= 0.6 is 0 Å². The zero-order valence-corrected chi connectivity index (χ0v) is 16.4. The highest BCUT2D eigenvalue weighted by Crippen LogP contribution is 2.32. The van der Waals surface area contributed by atoms with Crippen LogP contribution in [-0.4, -0.2) is 39.9 Å². The van der Waals surface area contributed by atoms with Gasteiger partial charge >= 0.3 is 0 Å². The molecule has 4 rings (SSSR count). The fraction of sp³-hybridized carbons (Fsp3) is 0.300. The molecule has 0 atom stereocenters. The molecule has 0 radical (unpaired) electrons. The Hall–Kier alpha value is -2.71. The zero-order valence-electron chi connectivity index (χ0n) is 15.6. The van der Waals surface area contributed by atoms with Crippen molar-refractivity contribution in [2.24, 2.45) is 0 Å². The van der Waals surface area contributed by atoms with Gasteiger partial charge in [-0.3, -0.25) is 4.72 Å². The number of aromatic nitrogens is 1. The molecule has 0 aliphatic carbocycles. The molecule has 0 saturated heterocycles. The first-order valence-electron chi connectivity index (χ1n) is 9.07. The van der Waals surface area contributed by atoms with E-state index in [1.807, 2.05) is 24.4 Å². The molecule has 1 aliphatic heterocycles. The van der Waals surface area contributed by atoms with Crippen LogP contribution in [0.1, 0.15) is 6.42 Å². The molecule has 1 aromatic heterocycles. The Bertz CT molecular complexity index is 1090. The van der Waals surface area contributed by atoms with Gasteiger partial charge < -0.3 is 18.8 Å². The predicted octanol–water partition coefficient (Wildman–Crippen LogP) is 3.25. The number of nitrogens with zero attached hydrogens (tertiary/aromatic N) is 1. The van der Waals surface area contributed by atoms with Gasteiger partial charge in [0.2, 0.25) is 0 Å². The number of methoxy groups -OCH3 is 1. The number of hydrogen-bond donors (Lipinski definition) is 1. The number of rotatable bonds is 6. The molecular formula is C20H22N2O5S. The maximum atomic E-state index is 12.8. The van der Waals surface area contributed by atoms with Crippen LogP contribution in [0.25, 0.3) is 10.9 Å². The lowest BCUT2D eigenvalue weighted by atomic mass is 10.2. The number of anilines is 1. The van der Waals surface area contributed by atoms with E-state index in [0.29, 0.717) is 37.0 Å². The van der Waals surface area contributed by atoms with Gasteiger partial charge in [0, 0.05) is 48.9 Å². The first-order chi connectivity index (χ1) is 13.6. The van der Waals surface area contributed by atoms with E-state index < -0.39 is 10.0 Å². The normalized spacial score (nSPS) is 14.0. The molecule has 28 heavy (non-hydrogen) atoms. The largest absolute Gasteiger partial charge is 0.490 e. The van der Waals surface area contributed by atoms with Crippen LogP contribution < -0.4 is 14.2 Å². The van der Waals surface area contributed by atoms with Crippen molar-refractivity contribution in [2.45, 2.75) is 17.9 Å². The minimum atomic E-state index is -3.75. The molecule has 1 N–H and O–H groups in total. The molecule has 0 bridgehead atoms. The number of fused-ring (bicyclic) bond motifs is 2. The third kappa shape index (κ3) is 3.79. The molecular weight excluding hydrogens is 380 g/mol. The predicted molar refractivity (Wildman–Crippen MR) is 107 cm³/mol. The van der Waals surface area contributed by atoms with E-state index in [1.54, 1.807) is 19.2 Å². The number of benzene rings is 2. The molecule has 7 nitrogen and oxygen atoms in total. The monoisotopic (exact) mass is 402 g/mol. The lowest BCUT2D eigenvalue weighted by molar-refractivity contribution is 0.188. The highest BCUT2D eigenvalue weighted by atomic mass is 32.2. The summed E-state index contributed by atoms with van der Waals surface area (Å²) >= 11 is 0. The zero-order chi connectivity index (χ0) is 19.6. The van der Waals surface area contributed by atoms with Crippen molar-refractivity contribution in [2.75, 3.05) is 31.7 Å². The van der Waals surface area contributed by atoms with Crippen molar-refractivity contribution < 1.29 is 22.6 Å². The number of nitrogens with one attached hydrogen (secondary N) is 1. The Labute approximate surface area is 163 Å². The number of ether oxygens (including phenoxy) is 3. The van der Waals surface area contributed by atoms with Crippen LogP contribution in [0.2, 0.25) is 0 Å². The van der Waals surface area contributed by atoms with Crippen LogP contribution in [-0.2, 0) is 21.3 Å². The van der Waals surface area contributed by atoms with Gasteiger partial charge in [0.25, 0.3) is 10.0 Å². The summed E-state index contributed by atoms with van der Waals surface area (Å²) in [5.74, 6) is 1.02. The molecule has 1 aliphatic rings. The SMILES string of the molecule is COCCn1ccc2cc(NS(=O)(=O)c3ccc4c(c3)OCCCO4)ccc21. The van der Waals surface area contributed by atoms with Crippen molar-refractivity contribution >= 4 is 26.6 Å². The van der Waals surface area contributed by atoms with Crippen LogP contribution in [0.5, 0.6) is 11.5 Å². The number of sulfonamides is 1. The van der Waals surface area contributed by atoms with E-state index in [1.165, 1.54) is 12.1 Å². The number of hydrogen-bond acceptors (Lipinski definition) is 5. The van der Waals surface area contributed by atoms with Gasteiger partial charge in [-0.25, -0.2) is 8.42 Å². The first-order valence-corrected chi connectivity index (χ1v) is 10.6. The van der Waals surface area contributed by atoms with E-state index in [9.17, 15) is 8.42 Å². The third-order valence-corrected chi connectivity index (χ3v) is 5.97. The second-order valence-corrected chi connectivity index (χ2v) is 8.22. The average Bonchev–Trinajstić information content (AvgIpc) is 2.92. The van der Waals surface area contributed by atoms with Gasteiger partial charge in [-0.1, -0.05) is 0 Å². The Morgan fingerprint density at radius 2 is 1.89 bits per heavy atom. The second-order valence-electron chi connectivity index (χ2n) is 6.54. The Balaban J connectivity index is 1.58. The molecule has 0 fully saturated rings. The van der Waals surface area contributed by atoms with Gasteiger partial charge in [0.1, 0.15) is 0 Å². The van der Waals surface area contributed by atoms with Crippen molar-refractivity contribution in [3.05, 3.63) is 48.7 Å². The molecule has 2 aromatic carbocycles. The van der Waals surface area contributed by atoms with Crippen LogP contribution in [0.3, 0.4) is 0 Å². The quantitative estimate of drug-likeness (QED) is 0.685. The van der Waals surface area contributed by atoms with Crippen LogP contribution in [0, 0.1) is 0 Å². The summed E-state index contributed by atoms with van der Waals surface area (Å²) in [6.45, 7) is 2.41. The fourth-order valence-electron chi connectivity index (χ4n) is 3.17. The van der Waals surface area contributed by atoms with Gasteiger partial charge in [-0.05, 0) is 36.4 Å². The van der Waals surface area contributed by atoms with E-state index in [2.05, 4.69) is 9.29 Å². The summed E-state index contributed by atoms with van der Waals surface area (Å²) in [7, 11) is -2.08. The van der Waals surface area contributed by atoms with Crippen molar-refractivity contribution in [1.29, 1.82) is 0 Å². The molecule has 3 aromatic rings. The first kappa shape index (κ1) is 18.6. The summed E-state index contributed by atoms with van der Waals surface area (Å²) in [5.41, 5.74) is 1.53. The molecule has 0 spiro atoms. The Kier molecular flexibility index (Phi) is 5.15. The van der Waals surface area contributed by atoms with Crippen molar-refractivity contribution in [1.82, 2.24) is 4.57 Å². The molecule has 0 amide bonds. The molecule has 148 valence electrons. The average molecular weight is 402 g/mol. The Morgan fingerprint density at radius 3 is 2.71 bits per heavy atom. The fourth-order valence-corrected chi connectivity index (χ4v) is 4.24. The maximum Gasteiger partial charge on any atom is 0.262 e. The topological polar surface area (TPSA) is 78.8 Å². The lowest BCUT2D eigenvalue weighted by Crippen LogP contribution is -2.13. The van der Waals surface area contributed by atoms with Crippen LogP contribution in [0.15, 0.2) is 53.6 Å². The van der Waals surface area contributed by atoms with E-state index >= 15 is 0 Å². The summed E-state index contributed by atoms with van der Waals surface area (Å²) in [5, 5.41) is 0.954. The lowest BCUT2D eigenvalue weighted by Gasteiger charge is -2.12. The highest BCUT2D eigenvalue weighted by Gasteiger charge is 2.19. The van der Waals surface area contributed by atoms with E-state index in [0.717, 1.165) is 23.9 Å². The standard InChI is InChI=1S/C20H22N2O5S/c1-25-12-9-22-8-7-15-13-16(3-5-18(15)22)21-28(23,24)17-4-6-19-20(14-17)27-11-2-10-26-19/h3-8,13-14,21H,2,9-12H2,1H3. The van der Waals surface area contributed by atoms with E-state index in [-0.39, 0.29) is 4.90 Å². The summed E-state index contributed by atoms with van der Waals surface area (Å²) < 4.78 is 46.6. The minimum absolute atomic E-state index is 0.134. The minimum Gasteiger partial charge on any atom is -0.490 e. The maximum absolute atomic E-state index is 12.8. The summed E-state index contributed by atoms with van der Waals surface area (Å²) in [6, 6.07) is 12.1. The molecule has 0 unspecified atom stereocenters. The van der Waals surface area contributed by atoms with Crippen LogP contribution in [0.4, 0.5) is 5.69 Å². The van der Waals surface area contributed by atoms with Gasteiger partial charge in [0.05, 0.1) is 24.7 Å². The summed E-state index contributed by atoms with van der Waals surface area (Å²) in [4.78, 5) is 0.134. The summed E-state index contributed by atoms with van der Waals surface area (Å²) in [6.07, 6.45) is 2.73. The third-order valence-electron chi connectivity index (χ3n) is 4.59. The molecule has 2 heterocycles.